The van der Waals surface area contributed by atoms with Crippen LogP contribution in [0.15, 0.2) is 48.5 Å². The second-order valence-electron chi connectivity index (χ2n) is 4.57. The Balaban J connectivity index is 2.17. The average Bonchev–Trinajstić information content (AvgIpc) is 2.29. The molecule has 0 aliphatic carbocycles. The number of aliphatic hydroxyl groups is 1. The molecule has 0 saturated heterocycles. The molecule has 2 aromatic rings. The first-order chi connectivity index (χ1) is 8.16. The molecule has 2 aromatic carbocycles. The van der Waals surface area contributed by atoms with Crippen molar-refractivity contribution in [3.8, 4) is 0 Å². The molecule has 0 aliphatic heterocycles. The number of benzene rings is 2. The summed E-state index contributed by atoms with van der Waals surface area (Å²) in [6.45, 7) is 4.11. The van der Waals surface area contributed by atoms with Crippen LogP contribution < -0.4 is 0 Å². The highest BCUT2D eigenvalue weighted by molar-refractivity contribution is 5.30. The highest BCUT2D eigenvalue weighted by Gasteiger charge is 2.10. The Bertz CT molecular complexity index is 502. The van der Waals surface area contributed by atoms with Crippen molar-refractivity contribution in [2.24, 2.45) is 0 Å². The van der Waals surface area contributed by atoms with Crippen molar-refractivity contribution in [3.05, 3.63) is 70.8 Å². The van der Waals surface area contributed by atoms with E-state index in [2.05, 4.69) is 25.1 Å². The summed E-state index contributed by atoms with van der Waals surface area (Å²) in [6, 6.07) is 16.3. The van der Waals surface area contributed by atoms with Gasteiger partial charge in [0.05, 0.1) is 6.10 Å². The van der Waals surface area contributed by atoms with Crippen LogP contribution in [-0.4, -0.2) is 5.11 Å². The molecule has 1 heteroatoms. The lowest BCUT2D eigenvalue weighted by Crippen LogP contribution is -2.03. The van der Waals surface area contributed by atoms with Crippen LogP contribution in [0, 0.1) is 13.8 Å². The first-order valence-corrected chi connectivity index (χ1v) is 5.96. The van der Waals surface area contributed by atoms with Crippen molar-refractivity contribution in [1.29, 1.82) is 0 Å². The predicted molar refractivity (Wildman–Crippen MR) is 71.0 cm³/mol. The SMILES string of the molecule is Cc1cccc(CC(O)c2ccccc2C)c1. The third-order valence-electron chi connectivity index (χ3n) is 3.06. The maximum absolute atomic E-state index is 10.2. The zero-order valence-electron chi connectivity index (χ0n) is 10.4. The van der Waals surface area contributed by atoms with E-state index >= 15 is 0 Å². The molecule has 0 radical (unpaired) electrons. The maximum Gasteiger partial charge on any atom is 0.0832 e. The van der Waals surface area contributed by atoms with Gasteiger partial charge in [-0.2, -0.15) is 0 Å². The molecule has 1 nitrogen and oxygen atoms in total. The minimum Gasteiger partial charge on any atom is -0.388 e. The molecule has 17 heavy (non-hydrogen) atoms. The smallest absolute Gasteiger partial charge is 0.0832 e. The summed E-state index contributed by atoms with van der Waals surface area (Å²) in [5.41, 5.74) is 4.59. The Labute approximate surface area is 103 Å². The predicted octanol–water partition coefficient (Wildman–Crippen LogP) is 3.58. The van der Waals surface area contributed by atoms with Crippen LogP contribution in [0.1, 0.15) is 28.4 Å². The summed E-state index contributed by atoms with van der Waals surface area (Å²) in [5, 5.41) is 10.2. The molecule has 0 aromatic heterocycles. The molecule has 1 atom stereocenters. The summed E-state index contributed by atoms with van der Waals surface area (Å²) in [4.78, 5) is 0. The van der Waals surface area contributed by atoms with Crippen LogP contribution in [0.2, 0.25) is 0 Å². The molecule has 0 aliphatic rings. The molecular weight excluding hydrogens is 208 g/mol. The average molecular weight is 226 g/mol. The van der Waals surface area contributed by atoms with E-state index in [0.29, 0.717) is 6.42 Å². The molecule has 0 fully saturated rings. The lowest BCUT2D eigenvalue weighted by Gasteiger charge is -2.14. The number of hydrogen-bond donors (Lipinski definition) is 1. The molecule has 0 spiro atoms. The van der Waals surface area contributed by atoms with Gasteiger partial charge in [0.2, 0.25) is 0 Å². The van der Waals surface area contributed by atoms with Gasteiger partial charge in [-0.1, -0.05) is 54.1 Å². The summed E-state index contributed by atoms with van der Waals surface area (Å²) in [6.07, 6.45) is 0.255. The van der Waals surface area contributed by atoms with Gasteiger partial charge in [0, 0.05) is 6.42 Å². The summed E-state index contributed by atoms with van der Waals surface area (Å²) < 4.78 is 0. The van der Waals surface area contributed by atoms with Gasteiger partial charge < -0.3 is 5.11 Å². The number of aryl methyl sites for hydroxylation is 2. The summed E-state index contributed by atoms with van der Waals surface area (Å²) >= 11 is 0. The van der Waals surface area contributed by atoms with E-state index in [4.69, 9.17) is 0 Å². The third kappa shape index (κ3) is 2.95. The van der Waals surface area contributed by atoms with E-state index in [1.807, 2.05) is 37.3 Å². The standard InChI is InChI=1S/C16H18O/c1-12-6-5-8-14(10-12)11-16(17)15-9-4-3-7-13(15)2/h3-10,16-17H,11H2,1-2H3. The molecule has 0 amide bonds. The molecule has 2 rings (SSSR count). The second kappa shape index (κ2) is 5.15. The molecule has 0 saturated carbocycles. The summed E-state index contributed by atoms with van der Waals surface area (Å²) in [5.74, 6) is 0. The Hall–Kier alpha value is -1.60. The third-order valence-corrected chi connectivity index (χ3v) is 3.06. The monoisotopic (exact) mass is 226 g/mol. The lowest BCUT2D eigenvalue weighted by molar-refractivity contribution is 0.177. The maximum atomic E-state index is 10.2. The minimum absolute atomic E-state index is 0.419. The first kappa shape index (κ1) is 11.9. The van der Waals surface area contributed by atoms with Gasteiger partial charge in [0.1, 0.15) is 0 Å². The molecular formula is C16H18O. The zero-order valence-corrected chi connectivity index (χ0v) is 10.4. The van der Waals surface area contributed by atoms with Gasteiger partial charge in [0.15, 0.2) is 0 Å². The van der Waals surface area contributed by atoms with Gasteiger partial charge >= 0.3 is 0 Å². The Morgan fingerprint density at radius 3 is 2.47 bits per heavy atom. The molecule has 1 N–H and O–H groups in total. The van der Waals surface area contributed by atoms with Crippen molar-refractivity contribution >= 4 is 0 Å². The molecule has 88 valence electrons. The second-order valence-corrected chi connectivity index (χ2v) is 4.57. The van der Waals surface area contributed by atoms with Crippen LogP contribution in [0.3, 0.4) is 0 Å². The van der Waals surface area contributed by atoms with Crippen LogP contribution in [-0.2, 0) is 6.42 Å². The van der Waals surface area contributed by atoms with Crippen LogP contribution >= 0.6 is 0 Å². The van der Waals surface area contributed by atoms with Gasteiger partial charge in [-0.3, -0.25) is 0 Å². The van der Waals surface area contributed by atoms with E-state index in [-0.39, 0.29) is 0 Å². The largest absolute Gasteiger partial charge is 0.388 e. The highest BCUT2D eigenvalue weighted by atomic mass is 16.3. The van der Waals surface area contributed by atoms with Crippen molar-refractivity contribution in [3.63, 3.8) is 0 Å². The van der Waals surface area contributed by atoms with E-state index in [1.54, 1.807) is 0 Å². The molecule has 1 unspecified atom stereocenters. The normalized spacial score (nSPS) is 12.4. The molecule has 0 bridgehead atoms. The summed E-state index contributed by atoms with van der Waals surface area (Å²) in [7, 11) is 0. The quantitative estimate of drug-likeness (QED) is 0.848. The number of hydrogen-bond acceptors (Lipinski definition) is 1. The van der Waals surface area contributed by atoms with E-state index in [0.717, 1.165) is 11.1 Å². The highest BCUT2D eigenvalue weighted by Crippen LogP contribution is 2.21. The fourth-order valence-corrected chi connectivity index (χ4v) is 2.13. The number of aliphatic hydroxyl groups excluding tert-OH is 1. The van der Waals surface area contributed by atoms with Crippen LogP contribution in [0.5, 0.6) is 0 Å². The molecule has 0 heterocycles. The van der Waals surface area contributed by atoms with Crippen LogP contribution in [0.25, 0.3) is 0 Å². The van der Waals surface area contributed by atoms with Crippen molar-refractivity contribution in [2.75, 3.05) is 0 Å². The first-order valence-electron chi connectivity index (χ1n) is 5.96. The fourth-order valence-electron chi connectivity index (χ4n) is 2.13. The fraction of sp³-hybridized carbons (Fsp3) is 0.250. The van der Waals surface area contributed by atoms with Crippen molar-refractivity contribution < 1.29 is 5.11 Å². The van der Waals surface area contributed by atoms with E-state index in [1.165, 1.54) is 11.1 Å². The Kier molecular flexibility index (Phi) is 3.60. The van der Waals surface area contributed by atoms with Gasteiger partial charge in [-0.25, -0.2) is 0 Å². The lowest BCUT2D eigenvalue weighted by atomic mass is 9.97. The topological polar surface area (TPSA) is 20.2 Å². The van der Waals surface area contributed by atoms with Crippen LogP contribution in [0.4, 0.5) is 0 Å². The number of rotatable bonds is 3. The Morgan fingerprint density at radius 1 is 1.00 bits per heavy atom. The van der Waals surface area contributed by atoms with Crippen molar-refractivity contribution in [2.45, 2.75) is 26.4 Å². The van der Waals surface area contributed by atoms with Gasteiger partial charge in [0.25, 0.3) is 0 Å². The van der Waals surface area contributed by atoms with E-state index < -0.39 is 6.10 Å². The minimum atomic E-state index is -0.419. The van der Waals surface area contributed by atoms with Gasteiger partial charge in [-0.15, -0.1) is 0 Å². The Morgan fingerprint density at radius 2 is 1.76 bits per heavy atom. The van der Waals surface area contributed by atoms with Gasteiger partial charge in [-0.05, 0) is 30.5 Å². The van der Waals surface area contributed by atoms with E-state index in [9.17, 15) is 5.11 Å². The zero-order chi connectivity index (χ0) is 12.3. The van der Waals surface area contributed by atoms with Crippen molar-refractivity contribution in [1.82, 2.24) is 0 Å².